The van der Waals surface area contributed by atoms with Crippen LogP contribution in [-0.4, -0.2) is 46.0 Å². The van der Waals surface area contributed by atoms with E-state index < -0.39 is 10.0 Å². The molecule has 0 spiro atoms. The van der Waals surface area contributed by atoms with Gasteiger partial charge < -0.3 is 10.2 Å². The van der Waals surface area contributed by atoms with Gasteiger partial charge in [0.25, 0.3) is 0 Å². The number of rotatable bonds is 5. The molecule has 2 N–H and O–H groups in total. The van der Waals surface area contributed by atoms with E-state index in [0.717, 1.165) is 42.9 Å². The SMILES string of the molecule is CNCc1sc(S(=O)(=O)NC2CN3CCC2CC3)cc1C. The normalized spacial score (nSPS) is 29.0. The zero-order valence-corrected chi connectivity index (χ0v) is 14.2. The van der Waals surface area contributed by atoms with Gasteiger partial charge in [0.1, 0.15) is 4.21 Å². The molecule has 3 aliphatic rings. The fraction of sp³-hybridized carbons (Fsp3) is 0.714. The van der Waals surface area contributed by atoms with Crippen LogP contribution in [0.3, 0.4) is 0 Å². The standard InChI is InChI=1S/C14H23N3O2S2/c1-10-7-14(20-13(10)8-15-2)21(18,19)16-12-9-17-5-3-11(12)4-6-17/h7,11-12,15-16H,3-6,8-9H2,1-2H3. The highest BCUT2D eigenvalue weighted by Crippen LogP contribution is 2.30. The summed E-state index contributed by atoms with van der Waals surface area (Å²) in [4.78, 5) is 3.45. The Hall–Kier alpha value is -0.470. The zero-order chi connectivity index (χ0) is 15.0. The molecule has 0 radical (unpaired) electrons. The Kier molecular flexibility index (Phi) is 4.38. The Labute approximate surface area is 130 Å². The van der Waals surface area contributed by atoms with Crippen molar-refractivity contribution in [3.63, 3.8) is 0 Å². The van der Waals surface area contributed by atoms with E-state index in [1.165, 1.54) is 11.3 Å². The number of aryl methyl sites for hydroxylation is 1. The van der Waals surface area contributed by atoms with Gasteiger partial charge in [-0.15, -0.1) is 11.3 Å². The number of thiophene rings is 1. The van der Waals surface area contributed by atoms with Crippen molar-refractivity contribution in [3.05, 3.63) is 16.5 Å². The maximum Gasteiger partial charge on any atom is 0.250 e. The number of fused-ring (bicyclic) bond motifs is 3. The van der Waals surface area contributed by atoms with Crippen LogP contribution in [0.4, 0.5) is 0 Å². The van der Waals surface area contributed by atoms with E-state index in [0.29, 0.717) is 16.7 Å². The fourth-order valence-corrected chi connectivity index (χ4v) is 6.23. The van der Waals surface area contributed by atoms with E-state index in [4.69, 9.17) is 0 Å². The lowest BCUT2D eigenvalue weighted by Gasteiger charge is -2.44. The lowest BCUT2D eigenvalue weighted by Crippen LogP contribution is -2.57. The molecule has 0 amide bonds. The molecule has 1 atom stereocenters. The average Bonchev–Trinajstić information content (AvgIpc) is 2.82. The summed E-state index contributed by atoms with van der Waals surface area (Å²) < 4.78 is 28.6. The van der Waals surface area contributed by atoms with Crippen LogP contribution in [0.2, 0.25) is 0 Å². The van der Waals surface area contributed by atoms with Gasteiger partial charge in [0.15, 0.2) is 0 Å². The van der Waals surface area contributed by atoms with Crippen molar-refractivity contribution in [1.29, 1.82) is 0 Å². The molecule has 0 saturated carbocycles. The highest BCUT2D eigenvalue weighted by molar-refractivity contribution is 7.91. The van der Waals surface area contributed by atoms with Crippen molar-refractivity contribution in [2.24, 2.45) is 5.92 Å². The predicted octanol–water partition coefficient (Wildman–Crippen LogP) is 1.15. The van der Waals surface area contributed by atoms with Crippen LogP contribution in [0, 0.1) is 12.8 Å². The van der Waals surface area contributed by atoms with Gasteiger partial charge in [-0.25, -0.2) is 13.1 Å². The molecule has 1 aromatic rings. The van der Waals surface area contributed by atoms with E-state index in [1.54, 1.807) is 6.07 Å². The van der Waals surface area contributed by atoms with Crippen molar-refractivity contribution in [2.75, 3.05) is 26.7 Å². The minimum Gasteiger partial charge on any atom is -0.315 e. The van der Waals surface area contributed by atoms with Crippen molar-refractivity contribution in [3.8, 4) is 0 Å². The summed E-state index contributed by atoms with van der Waals surface area (Å²) in [5.41, 5.74) is 1.05. The molecular formula is C14H23N3O2S2. The zero-order valence-electron chi connectivity index (χ0n) is 12.6. The number of hydrogen-bond donors (Lipinski definition) is 2. The Morgan fingerprint density at radius 3 is 2.67 bits per heavy atom. The first-order valence-electron chi connectivity index (χ1n) is 7.48. The summed E-state index contributed by atoms with van der Waals surface area (Å²) in [5, 5.41) is 3.08. The molecular weight excluding hydrogens is 306 g/mol. The molecule has 3 aliphatic heterocycles. The molecule has 5 nitrogen and oxygen atoms in total. The summed E-state index contributed by atoms with van der Waals surface area (Å²) >= 11 is 1.37. The lowest BCUT2D eigenvalue weighted by molar-refractivity contribution is 0.0827. The van der Waals surface area contributed by atoms with Gasteiger partial charge in [0.05, 0.1) is 0 Å². The van der Waals surface area contributed by atoms with Crippen LogP contribution in [-0.2, 0) is 16.6 Å². The summed E-state index contributed by atoms with van der Waals surface area (Å²) in [6, 6.07) is 1.87. The van der Waals surface area contributed by atoms with Gasteiger partial charge in [0.2, 0.25) is 10.0 Å². The first-order chi connectivity index (χ1) is 9.99. The summed E-state index contributed by atoms with van der Waals surface area (Å²) in [7, 11) is -1.51. The molecule has 21 heavy (non-hydrogen) atoms. The molecule has 0 aliphatic carbocycles. The van der Waals surface area contributed by atoms with Gasteiger partial charge in [-0.05, 0) is 57.5 Å². The summed E-state index contributed by atoms with van der Waals surface area (Å²) in [5.74, 6) is 0.502. The number of hydrogen-bond acceptors (Lipinski definition) is 5. The van der Waals surface area contributed by atoms with E-state index in [-0.39, 0.29) is 6.04 Å². The van der Waals surface area contributed by atoms with Crippen molar-refractivity contribution < 1.29 is 8.42 Å². The highest BCUT2D eigenvalue weighted by Gasteiger charge is 2.36. The number of sulfonamides is 1. The van der Waals surface area contributed by atoms with Gasteiger partial charge in [-0.2, -0.15) is 0 Å². The molecule has 3 saturated heterocycles. The van der Waals surface area contributed by atoms with E-state index in [1.807, 2.05) is 14.0 Å². The van der Waals surface area contributed by atoms with E-state index in [2.05, 4.69) is 14.9 Å². The third kappa shape index (κ3) is 3.17. The number of piperidine rings is 3. The van der Waals surface area contributed by atoms with Crippen LogP contribution < -0.4 is 10.0 Å². The number of nitrogens with one attached hydrogen (secondary N) is 2. The van der Waals surface area contributed by atoms with Crippen molar-refractivity contribution in [2.45, 2.75) is 36.6 Å². The average molecular weight is 329 g/mol. The third-order valence-corrected chi connectivity index (χ3v) is 7.76. The molecule has 4 rings (SSSR count). The largest absolute Gasteiger partial charge is 0.315 e. The van der Waals surface area contributed by atoms with Crippen LogP contribution >= 0.6 is 11.3 Å². The second-order valence-electron chi connectivity index (χ2n) is 6.07. The molecule has 0 aromatic carbocycles. The molecule has 3 fully saturated rings. The molecule has 118 valence electrons. The molecule has 1 unspecified atom stereocenters. The van der Waals surface area contributed by atoms with Crippen molar-refractivity contribution >= 4 is 21.4 Å². The Morgan fingerprint density at radius 1 is 1.38 bits per heavy atom. The maximum atomic E-state index is 12.6. The Morgan fingerprint density at radius 2 is 2.10 bits per heavy atom. The quantitative estimate of drug-likeness (QED) is 0.851. The second-order valence-corrected chi connectivity index (χ2v) is 9.15. The Balaban J connectivity index is 1.76. The topological polar surface area (TPSA) is 61.4 Å². The first-order valence-corrected chi connectivity index (χ1v) is 9.78. The monoisotopic (exact) mass is 329 g/mol. The Bertz CT molecular complexity index is 604. The predicted molar refractivity (Wildman–Crippen MR) is 85.1 cm³/mol. The van der Waals surface area contributed by atoms with E-state index >= 15 is 0 Å². The minimum absolute atomic E-state index is 0.0765. The molecule has 7 heteroatoms. The maximum absolute atomic E-state index is 12.6. The molecule has 1 aromatic heterocycles. The molecule has 4 heterocycles. The summed E-state index contributed by atoms with van der Waals surface area (Å²) in [6.07, 6.45) is 2.23. The molecule has 2 bridgehead atoms. The van der Waals surface area contributed by atoms with Crippen LogP contribution in [0.15, 0.2) is 10.3 Å². The van der Waals surface area contributed by atoms with Crippen LogP contribution in [0.1, 0.15) is 23.3 Å². The van der Waals surface area contributed by atoms with Gasteiger partial charge in [0, 0.05) is 24.0 Å². The van der Waals surface area contributed by atoms with Crippen LogP contribution in [0.25, 0.3) is 0 Å². The second kappa shape index (κ2) is 5.96. The van der Waals surface area contributed by atoms with Crippen LogP contribution in [0.5, 0.6) is 0 Å². The van der Waals surface area contributed by atoms with Crippen molar-refractivity contribution in [1.82, 2.24) is 14.9 Å². The highest BCUT2D eigenvalue weighted by atomic mass is 32.2. The van der Waals surface area contributed by atoms with Gasteiger partial charge in [-0.1, -0.05) is 0 Å². The van der Waals surface area contributed by atoms with Gasteiger partial charge >= 0.3 is 0 Å². The third-order valence-electron chi connectivity index (χ3n) is 4.56. The van der Waals surface area contributed by atoms with E-state index in [9.17, 15) is 8.42 Å². The first kappa shape index (κ1) is 15.4. The fourth-order valence-electron chi connectivity index (χ4n) is 3.31. The van der Waals surface area contributed by atoms with Gasteiger partial charge in [-0.3, -0.25) is 0 Å². The lowest BCUT2D eigenvalue weighted by atomic mass is 9.85. The minimum atomic E-state index is -3.39. The smallest absolute Gasteiger partial charge is 0.250 e. The summed E-state index contributed by atoms with van der Waals surface area (Å²) in [6.45, 7) is 5.78. The number of nitrogens with zero attached hydrogens (tertiary/aromatic N) is 1.